The van der Waals surface area contributed by atoms with Crippen molar-refractivity contribution in [2.24, 2.45) is 0 Å². The minimum Gasteiger partial charge on any atom is -0.377 e. The van der Waals surface area contributed by atoms with Crippen molar-refractivity contribution in [3.05, 3.63) is 57.5 Å². The van der Waals surface area contributed by atoms with Crippen LogP contribution in [0, 0.1) is 0 Å². The number of hydrogen-bond donors (Lipinski definition) is 1. The maximum absolute atomic E-state index is 6.29. The van der Waals surface area contributed by atoms with E-state index in [0.29, 0.717) is 0 Å². The van der Waals surface area contributed by atoms with E-state index < -0.39 is 0 Å². The molecule has 0 spiro atoms. The summed E-state index contributed by atoms with van der Waals surface area (Å²) >= 11 is 9.89. The Balaban J connectivity index is 2.31. The third-order valence-corrected chi connectivity index (χ3v) is 4.20. The highest BCUT2D eigenvalue weighted by atomic mass is 79.9. The molecule has 0 heterocycles. The van der Waals surface area contributed by atoms with Crippen LogP contribution in [0.1, 0.15) is 18.5 Å². The molecule has 0 fully saturated rings. The molecule has 2 aromatic rings. The molecule has 0 radical (unpaired) electrons. The molecule has 4 heteroatoms. The van der Waals surface area contributed by atoms with Crippen molar-refractivity contribution in [1.29, 1.82) is 0 Å². The number of benzene rings is 2. The van der Waals surface area contributed by atoms with Crippen molar-refractivity contribution in [1.82, 2.24) is 0 Å². The van der Waals surface area contributed by atoms with Crippen LogP contribution in [0.15, 0.2) is 46.9 Å². The first-order chi connectivity index (χ1) is 9.50. The molecule has 0 aliphatic carbocycles. The van der Waals surface area contributed by atoms with Crippen molar-refractivity contribution in [2.75, 3.05) is 24.3 Å². The topological polar surface area (TPSA) is 15.3 Å². The number of para-hydroxylation sites is 1. The zero-order valence-corrected chi connectivity index (χ0v) is 14.2. The molecule has 1 atom stereocenters. The molecule has 0 aromatic heterocycles. The van der Waals surface area contributed by atoms with Crippen molar-refractivity contribution in [3.63, 3.8) is 0 Å². The second kappa shape index (κ2) is 6.51. The minimum absolute atomic E-state index is 0.183. The number of nitrogens with one attached hydrogen (secondary N) is 1. The fourth-order valence-corrected chi connectivity index (χ4v) is 3.20. The highest BCUT2D eigenvalue weighted by Gasteiger charge is 2.13. The van der Waals surface area contributed by atoms with Gasteiger partial charge in [-0.05, 0) is 30.7 Å². The molecular formula is C16H18BrClN2. The largest absolute Gasteiger partial charge is 0.377 e. The first-order valence-corrected chi connectivity index (χ1v) is 7.64. The van der Waals surface area contributed by atoms with E-state index >= 15 is 0 Å². The van der Waals surface area contributed by atoms with Crippen molar-refractivity contribution < 1.29 is 0 Å². The standard InChI is InChI=1S/C16H18BrClN2/c1-11(12-7-4-5-8-13(12)17)19-15-10-6-9-14(18)16(15)20(2)3/h4-11,19H,1-3H3. The molecule has 20 heavy (non-hydrogen) atoms. The Hall–Kier alpha value is -1.19. The average Bonchev–Trinajstić information content (AvgIpc) is 2.38. The Bertz CT molecular complexity index is 599. The molecule has 0 bridgehead atoms. The third-order valence-electron chi connectivity index (χ3n) is 3.18. The molecule has 0 amide bonds. The van der Waals surface area contributed by atoms with Gasteiger partial charge in [0.25, 0.3) is 0 Å². The number of hydrogen-bond acceptors (Lipinski definition) is 2. The van der Waals surface area contributed by atoms with Gasteiger partial charge < -0.3 is 10.2 Å². The SMILES string of the molecule is CC(Nc1cccc(Cl)c1N(C)C)c1ccccc1Br. The normalized spacial score (nSPS) is 12.1. The molecule has 0 saturated heterocycles. The molecule has 1 unspecified atom stereocenters. The van der Waals surface area contributed by atoms with Crippen molar-refractivity contribution in [2.45, 2.75) is 13.0 Å². The van der Waals surface area contributed by atoms with Crippen LogP contribution < -0.4 is 10.2 Å². The van der Waals surface area contributed by atoms with E-state index in [-0.39, 0.29) is 6.04 Å². The van der Waals surface area contributed by atoms with Crippen LogP contribution in [0.2, 0.25) is 5.02 Å². The van der Waals surface area contributed by atoms with E-state index in [9.17, 15) is 0 Å². The summed E-state index contributed by atoms with van der Waals surface area (Å²) in [7, 11) is 3.99. The van der Waals surface area contributed by atoms with Gasteiger partial charge in [0.05, 0.1) is 16.4 Å². The second-order valence-electron chi connectivity index (χ2n) is 4.92. The molecule has 106 valence electrons. The molecule has 0 saturated carbocycles. The van der Waals surface area contributed by atoms with E-state index in [0.717, 1.165) is 20.9 Å². The number of anilines is 2. The molecule has 2 aromatic carbocycles. The number of halogens is 2. The van der Waals surface area contributed by atoms with Gasteiger partial charge in [-0.3, -0.25) is 0 Å². The fraction of sp³-hybridized carbons (Fsp3) is 0.250. The van der Waals surface area contributed by atoms with Gasteiger partial charge in [0.15, 0.2) is 0 Å². The lowest BCUT2D eigenvalue weighted by Crippen LogP contribution is -2.14. The fourth-order valence-electron chi connectivity index (χ4n) is 2.22. The predicted molar refractivity (Wildman–Crippen MR) is 92.0 cm³/mol. The molecule has 2 nitrogen and oxygen atoms in total. The molecular weight excluding hydrogens is 336 g/mol. The summed E-state index contributed by atoms with van der Waals surface area (Å²) in [6, 6.07) is 14.3. The van der Waals surface area contributed by atoms with E-state index in [4.69, 9.17) is 11.6 Å². The van der Waals surface area contributed by atoms with Gasteiger partial charge in [-0.15, -0.1) is 0 Å². The lowest BCUT2D eigenvalue weighted by Gasteiger charge is -2.23. The van der Waals surface area contributed by atoms with Crippen LogP contribution in [0.5, 0.6) is 0 Å². The summed E-state index contributed by atoms with van der Waals surface area (Å²) in [5.74, 6) is 0. The first kappa shape index (κ1) is 15.2. The van der Waals surface area contributed by atoms with Crippen LogP contribution in [-0.2, 0) is 0 Å². The van der Waals surface area contributed by atoms with Gasteiger partial charge in [-0.2, -0.15) is 0 Å². The Morgan fingerprint density at radius 2 is 1.80 bits per heavy atom. The molecule has 1 N–H and O–H groups in total. The summed E-state index contributed by atoms with van der Waals surface area (Å²) in [6.07, 6.45) is 0. The van der Waals surface area contributed by atoms with Gasteiger partial charge in [0, 0.05) is 24.6 Å². The summed E-state index contributed by atoms with van der Waals surface area (Å²) in [6.45, 7) is 2.14. The van der Waals surface area contributed by atoms with Crippen molar-refractivity contribution >= 4 is 38.9 Å². The predicted octanol–water partition coefficient (Wildman–Crippen LogP) is 5.34. The zero-order valence-electron chi connectivity index (χ0n) is 11.8. The van der Waals surface area contributed by atoms with E-state index in [1.54, 1.807) is 0 Å². The van der Waals surface area contributed by atoms with Crippen LogP contribution >= 0.6 is 27.5 Å². The maximum Gasteiger partial charge on any atom is 0.0786 e. The second-order valence-corrected chi connectivity index (χ2v) is 6.18. The highest BCUT2D eigenvalue weighted by Crippen LogP contribution is 2.35. The van der Waals surface area contributed by atoms with Gasteiger partial charge in [-0.25, -0.2) is 0 Å². The van der Waals surface area contributed by atoms with Gasteiger partial charge in [0.2, 0.25) is 0 Å². The van der Waals surface area contributed by atoms with Crippen LogP contribution in [0.25, 0.3) is 0 Å². The average molecular weight is 354 g/mol. The summed E-state index contributed by atoms with van der Waals surface area (Å²) in [4.78, 5) is 2.03. The lowest BCUT2D eigenvalue weighted by molar-refractivity contribution is 0.877. The van der Waals surface area contributed by atoms with Crippen LogP contribution in [0.3, 0.4) is 0 Å². The lowest BCUT2D eigenvalue weighted by atomic mass is 10.1. The van der Waals surface area contributed by atoms with Gasteiger partial charge in [-0.1, -0.05) is 51.8 Å². The summed E-state index contributed by atoms with van der Waals surface area (Å²) in [5.41, 5.74) is 3.26. The third kappa shape index (κ3) is 3.28. The van der Waals surface area contributed by atoms with Crippen LogP contribution in [-0.4, -0.2) is 14.1 Å². The quantitative estimate of drug-likeness (QED) is 0.798. The summed E-state index contributed by atoms with van der Waals surface area (Å²) < 4.78 is 1.11. The van der Waals surface area contributed by atoms with E-state index in [2.05, 4.69) is 46.4 Å². The maximum atomic E-state index is 6.29. The first-order valence-electron chi connectivity index (χ1n) is 6.47. The van der Waals surface area contributed by atoms with Gasteiger partial charge in [0.1, 0.15) is 0 Å². The Morgan fingerprint density at radius 3 is 2.45 bits per heavy atom. The molecule has 2 rings (SSSR count). The number of rotatable bonds is 4. The van der Waals surface area contributed by atoms with E-state index in [1.165, 1.54) is 5.56 Å². The molecule has 0 aliphatic rings. The minimum atomic E-state index is 0.183. The summed E-state index contributed by atoms with van der Waals surface area (Å²) in [5, 5.41) is 4.28. The highest BCUT2D eigenvalue weighted by molar-refractivity contribution is 9.10. The van der Waals surface area contributed by atoms with Crippen molar-refractivity contribution in [3.8, 4) is 0 Å². The van der Waals surface area contributed by atoms with Gasteiger partial charge >= 0.3 is 0 Å². The van der Waals surface area contributed by atoms with E-state index in [1.807, 2.05) is 43.3 Å². The Morgan fingerprint density at radius 1 is 1.10 bits per heavy atom. The monoisotopic (exact) mass is 352 g/mol. The Labute approximate surface area is 133 Å². The zero-order chi connectivity index (χ0) is 14.7. The Kier molecular flexibility index (Phi) is 4.95. The number of nitrogens with zero attached hydrogens (tertiary/aromatic N) is 1. The van der Waals surface area contributed by atoms with Crippen LogP contribution in [0.4, 0.5) is 11.4 Å². The molecule has 0 aliphatic heterocycles. The smallest absolute Gasteiger partial charge is 0.0786 e.